The van der Waals surface area contributed by atoms with Gasteiger partial charge in [0.25, 0.3) is 0 Å². The molecule has 0 aliphatic carbocycles. The lowest BCUT2D eigenvalue weighted by atomic mass is 9.92. The fourth-order valence-corrected chi connectivity index (χ4v) is 3.13. The summed E-state index contributed by atoms with van der Waals surface area (Å²) in [4.78, 5) is 1.50. The lowest BCUT2D eigenvalue weighted by Gasteiger charge is -2.46. The SMILES string of the molecule is CCCCCCCCCCN1C(O)[C@H](O)[C@@H](O)[C@H](O)[C@H]1CO. The average molecular weight is 319 g/mol. The van der Waals surface area contributed by atoms with Gasteiger partial charge in [0.15, 0.2) is 0 Å². The zero-order valence-corrected chi connectivity index (χ0v) is 13.6. The molecule has 0 aromatic heterocycles. The van der Waals surface area contributed by atoms with E-state index in [-0.39, 0.29) is 6.61 Å². The number of aliphatic hydroxyl groups is 5. The van der Waals surface area contributed by atoms with Crippen molar-refractivity contribution in [2.45, 2.75) is 88.9 Å². The molecule has 1 rings (SSSR count). The van der Waals surface area contributed by atoms with Crippen molar-refractivity contribution in [3.8, 4) is 0 Å². The average Bonchev–Trinajstić information content (AvgIpc) is 2.52. The summed E-state index contributed by atoms with van der Waals surface area (Å²) in [7, 11) is 0. The van der Waals surface area contributed by atoms with Crippen LogP contribution in [0.5, 0.6) is 0 Å². The summed E-state index contributed by atoms with van der Waals surface area (Å²) < 4.78 is 0. The summed E-state index contributed by atoms with van der Waals surface area (Å²) in [5.41, 5.74) is 0. The van der Waals surface area contributed by atoms with Crippen molar-refractivity contribution >= 4 is 0 Å². The van der Waals surface area contributed by atoms with Gasteiger partial charge in [0, 0.05) is 6.54 Å². The fraction of sp³-hybridized carbons (Fsp3) is 1.00. The maximum atomic E-state index is 10.0. The van der Waals surface area contributed by atoms with Gasteiger partial charge in [0.05, 0.1) is 12.6 Å². The number of likely N-dealkylation sites (tertiary alicyclic amines) is 1. The monoisotopic (exact) mass is 319 g/mol. The minimum Gasteiger partial charge on any atom is -0.395 e. The highest BCUT2D eigenvalue weighted by Crippen LogP contribution is 2.24. The lowest BCUT2D eigenvalue weighted by Crippen LogP contribution is -2.67. The number of rotatable bonds is 10. The summed E-state index contributed by atoms with van der Waals surface area (Å²) in [6, 6.07) is -0.738. The van der Waals surface area contributed by atoms with Crippen LogP contribution in [0, 0.1) is 0 Å². The van der Waals surface area contributed by atoms with Crippen molar-refractivity contribution in [1.82, 2.24) is 4.90 Å². The van der Waals surface area contributed by atoms with Gasteiger partial charge in [-0.25, -0.2) is 0 Å². The molecule has 0 spiro atoms. The highest BCUT2D eigenvalue weighted by molar-refractivity contribution is 4.96. The van der Waals surface area contributed by atoms with E-state index < -0.39 is 30.6 Å². The molecule has 0 aromatic rings. The zero-order chi connectivity index (χ0) is 16.5. The van der Waals surface area contributed by atoms with Crippen LogP contribution in [0.15, 0.2) is 0 Å². The molecule has 0 aromatic carbocycles. The van der Waals surface area contributed by atoms with Gasteiger partial charge in [-0.15, -0.1) is 0 Å². The van der Waals surface area contributed by atoms with Crippen molar-refractivity contribution in [2.24, 2.45) is 0 Å². The van der Waals surface area contributed by atoms with Crippen molar-refractivity contribution in [1.29, 1.82) is 0 Å². The molecule has 0 saturated carbocycles. The van der Waals surface area contributed by atoms with Crippen molar-refractivity contribution in [3.63, 3.8) is 0 Å². The highest BCUT2D eigenvalue weighted by atomic mass is 16.4. The third-order valence-electron chi connectivity index (χ3n) is 4.62. The molecule has 1 saturated heterocycles. The largest absolute Gasteiger partial charge is 0.395 e. The van der Waals surface area contributed by atoms with Gasteiger partial charge in [-0.1, -0.05) is 51.9 Å². The smallest absolute Gasteiger partial charge is 0.136 e. The van der Waals surface area contributed by atoms with E-state index >= 15 is 0 Å². The Morgan fingerprint density at radius 1 is 0.727 bits per heavy atom. The van der Waals surface area contributed by atoms with E-state index in [0.717, 1.165) is 19.3 Å². The molecular weight excluding hydrogens is 286 g/mol. The van der Waals surface area contributed by atoms with Crippen LogP contribution in [-0.2, 0) is 0 Å². The van der Waals surface area contributed by atoms with E-state index in [1.807, 2.05) is 0 Å². The van der Waals surface area contributed by atoms with Crippen LogP contribution in [0.25, 0.3) is 0 Å². The van der Waals surface area contributed by atoms with E-state index in [9.17, 15) is 25.5 Å². The molecule has 22 heavy (non-hydrogen) atoms. The lowest BCUT2D eigenvalue weighted by molar-refractivity contribution is -0.222. The van der Waals surface area contributed by atoms with Crippen molar-refractivity contribution in [2.75, 3.05) is 13.2 Å². The first kappa shape index (κ1) is 19.8. The number of hydrogen-bond donors (Lipinski definition) is 5. The van der Waals surface area contributed by atoms with E-state index in [2.05, 4.69) is 6.92 Å². The predicted molar refractivity (Wildman–Crippen MR) is 84.2 cm³/mol. The standard InChI is InChI=1S/C16H33NO5/c1-2-3-4-5-6-7-8-9-10-17-12(11-18)13(19)14(20)15(21)16(17)22/h12-16,18-22H,2-11H2,1H3/t12-,13-,14+,15-,16?/m1/s1. The summed E-state index contributed by atoms with van der Waals surface area (Å²) in [6.45, 7) is 2.32. The maximum Gasteiger partial charge on any atom is 0.136 e. The summed E-state index contributed by atoms with van der Waals surface area (Å²) in [5, 5.41) is 48.7. The predicted octanol–water partition coefficient (Wildman–Crippen LogP) is 0.205. The molecule has 5 atom stereocenters. The number of unbranched alkanes of at least 4 members (excludes halogenated alkanes) is 7. The van der Waals surface area contributed by atoms with E-state index in [1.54, 1.807) is 0 Å². The molecule has 1 aliphatic rings. The minimum atomic E-state index is -1.43. The molecular formula is C16H33NO5. The van der Waals surface area contributed by atoms with Gasteiger partial charge in [0.1, 0.15) is 24.5 Å². The molecule has 1 fully saturated rings. The van der Waals surface area contributed by atoms with Crippen LogP contribution in [0.2, 0.25) is 0 Å². The fourth-order valence-electron chi connectivity index (χ4n) is 3.13. The molecule has 6 nitrogen and oxygen atoms in total. The van der Waals surface area contributed by atoms with Crippen LogP contribution in [0.1, 0.15) is 58.3 Å². The van der Waals surface area contributed by atoms with Gasteiger partial charge in [-0.05, 0) is 6.42 Å². The van der Waals surface area contributed by atoms with Crippen LogP contribution in [0.3, 0.4) is 0 Å². The number of nitrogens with zero attached hydrogens (tertiary/aromatic N) is 1. The Morgan fingerprint density at radius 3 is 1.82 bits per heavy atom. The molecule has 0 radical (unpaired) electrons. The Bertz CT molecular complexity index is 292. The topological polar surface area (TPSA) is 104 Å². The Kier molecular flexibility index (Phi) is 9.47. The molecule has 1 aliphatic heterocycles. The molecule has 0 bridgehead atoms. The van der Waals surface area contributed by atoms with Gasteiger partial charge in [-0.2, -0.15) is 0 Å². The van der Waals surface area contributed by atoms with E-state index in [0.29, 0.717) is 6.54 Å². The Labute approximate surface area is 133 Å². The number of hydrogen-bond acceptors (Lipinski definition) is 6. The molecule has 0 amide bonds. The summed E-state index contributed by atoms with van der Waals surface area (Å²) in [5.74, 6) is 0. The van der Waals surface area contributed by atoms with E-state index in [1.165, 1.54) is 37.0 Å². The quantitative estimate of drug-likeness (QED) is 0.369. The van der Waals surface area contributed by atoms with Crippen molar-refractivity contribution in [3.05, 3.63) is 0 Å². The number of aliphatic hydroxyl groups excluding tert-OH is 5. The van der Waals surface area contributed by atoms with Gasteiger partial charge in [0.2, 0.25) is 0 Å². The number of piperidine rings is 1. The van der Waals surface area contributed by atoms with Gasteiger partial charge >= 0.3 is 0 Å². The van der Waals surface area contributed by atoms with Gasteiger partial charge < -0.3 is 25.5 Å². The third kappa shape index (κ3) is 5.44. The zero-order valence-electron chi connectivity index (χ0n) is 13.6. The Balaban J connectivity index is 2.30. The van der Waals surface area contributed by atoms with Crippen LogP contribution >= 0.6 is 0 Å². The minimum absolute atomic E-state index is 0.362. The van der Waals surface area contributed by atoms with Crippen LogP contribution < -0.4 is 0 Å². The second-order valence-corrected chi connectivity index (χ2v) is 6.35. The Hall–Kier alpha value is -0.240. The first-order valence-electron chi connectivity index (χ1n) is 8.63. The third-order valence-corrected chi connectivity index (χ3v) is 4.62. The second kappa shape index (κ2) is 10.5. The molecule has 5 N–H and O–H groups in total. The van der Waals surface area contributed by atoms with Crippen molar-refractivity contribution < 1.29 is 25.5 Å². The summed E-state index contributed by atoms with van der Waals surface area (Å²) >= 11 is 0. The highest BCUT2D eigenvalue weighted by Gasteiger charge is 2.46. The van der Waals surface area contributed by atoms with Crippen LogP contribution in [-0.4, -0.2) is 74.2 Å². The molecule has 6 heteroatoms. The first-order valence-corrected chi connectivity index (χ1v) is 8.63. The first-order chi connectivity index (χ1) is 10.5. The normalized spacial score (nSPS) is 33.3. The molecule has 132 valence electrons. The maximum absolute atomic E-state index is 10.0. The molecule has 1 unspecified atom stereocenters. The van der Waals surface area contributed by atoms with E-state index in [4.69, 9.17) is 0 Å². The second-order valence-electron chi connectivity index (χ2n) is 6.35. The summed E-state index contributed by atoms with van der Waals surface area (Å²) in [6.07, 6.45) is 3.90. The van der Waals surface area contributed by atoms with Crippen LogP contribution in [0.4, 0.5) is 0 Å². The molecule has 1 heterocycles. The Morgan fingerprint density at radius 2 is 1.27 bits per heavy atom. The van der Waals surface area contributed by atoms with Gasteiger partial charge in [-0.3, -0.25) is 4.90 Å².